The number of carboxylic acid groups (broad SMARTS) is 1. The standard InChI is InChI=1S/C27H26ClN5O2S.C2HF3O2/c28-21-8-7-20(25(34)30-11-14-33-12-2-1-3-13-33)17-23(21)31-27-32-26(35)24(36-27)16-18-6-9-22-19(15-18)5-4-10-29-22;3-2(4,5)1(6)7/h4-10,15-17H,1-3,11-14H2,(H,30,34)(H,31,32,35);(H,6,7). The predicted octanol–water partition coefficient (Wildman–Crippen LogP) is 5.63. The zero-order valence-corrected chi connectivity index (χ0v) is 24.2. The number of fused-ring (bicyclic) bond motifs is 1. The maximum atomic E-state index is 12.7. The van der Waals surface area contributed by atoms with Crippen molar-refractivity contribution in [3.05, 3.63) is 75.8 Å². The van der Waals surface area contributed by atoms with E-state index in [0.29, 0.717) is 32.9 Å². The van der Waals surface area contributed by atoms with Crippen molar-refractivity contribution in [1.82, 2.24) is 20.5 Å². The van der Waals surface area contributed by atoms with E-state index in [1.807, 2.05) is 36.4 Å². The molecule has 2 saturated heterocycles. The van der Waals surface area contributed by atoms with Gasteiger partial charge in [0.05, 0.1) is 21.1 Å². The number of aromatic nitrogens is 1. The molecule has 0 atom stereocenters. The lowest BCUT2D eigenvalue weighted by Crippen LogP contribution is -2.37. The molecule has 9 nitrogen and oxygen atoms in total. The molecule has 0 radical (unpaired) electrons. The van der Waals surface area contributed by atoms with E-state index in [1.165, 1.54) is 31.0 Å². The van der Waals surface area contributed by atoms with Crippen LogP contribution in [0.3, 0.4) is 0 Å². The van der Waals surface area contributed by atoms with Crippen LogP contribution in [0, 0.1) is 0 Å². The second-order valence-electron chi connectivity index (χ2n) is 9.56. The fraction of sp³-hybridized carbons (Fsp3) is 0.276. The first-order chi connectivity index (χ1) is 20.5. The minimum absolute atomic E-state index is 0.167. The van der Waals surface area contributed by atoms with E-state index in [2.05, 4.69) is 25.5 Å². The molecule has 43 heavy (non-hydrogen) atoms. The zero-order chi connectivity index (χ0) is 31.0. The van der Waals surface area contributed by atoms with Gasteiger partial charge in [0.25, 0.3) is 11.8 Å². The second kappa shape index (κ2) is 14.5. The lowest BCUT2D eigenvalue weighted by Gasteiger charge is -2.26. The Hall–Kier alpha value is -3.94. The number of piperidine rings is 1. The number of nitrogens with zero attached hydrogens (tertiary/aromatic N) is 3. The normalized spacial score (nSPS) is 17.4. The van der Waals surface area contributed by atoms with Crippen molar-refractivity contribution in [2.45, 2.75) is 25.4 Å². The first-order valence-electron chi connectivity index (χ1n) is 13.2. The van der Waals surface area contributed by atoms with E-state index in [1.54, 1.807) is 24.4 Å². The highest BCUT2D eigenvalue weighted by Crippen LogP contribution is 2.32. The summed E-state index contributed by atoms with van der Waals surface area (Å²) >= 11 is 7.59. The molecule has 14 heteroatoms. The molecular weight excluding hydrogens is 607 g/mol. The van der Waals surface area contributed by atoms with Crippen molar-refractivity contribution in [2.75, 3.05) is 26.2 Å². The van der Waals surface area contributed by atoms with Crippen LogP contribution in [-0.2, 0) is 9.59 Å². The summed E-state index contributed by atoms with van der Waals surface area (Å²) in [7, 11) is 0. The highest BCUT2D eigenvalue weighted by atomic mass is 35.5. The molecule has 2 amide bonds. The van der Waals surface area contributed by atoms with Crippen molar-refractivity contribution in [1.29, 1.82) is 0 Å². The van der Waals surface area contributed by atoms with Gasteiger partial charge in [-0.25, -0.2) is 9.79 Å². The molecule has 0 aliphatic carbocycles. The summed E-state index contributed by atoms with van der Waals surface area (Å²) in [6, 6.07) is 14.7. The predicted molar refractivity (Wildman–Crippen MR) is 160 cm³/mol. The Morgan fingerprint density at radius 2 is 1.88 bits per heavy atom. The van der Waals surface area contributed by atoms with Gasteiger partial charge < -0.3 is 20.6 Å². The van der Waals surface area contributed by atoms with Gasteiger partial charge >= 0.3 is 12.1 Å². The number of halogens is 4. The zero-order valence-electron chi connectivity index (χ0n) is 22.7. The quantitative estimate of drug-likeness (QED) is 0.301. The number of benzene rings is 2. The van der Waals surface area contributed by atoms with E-state index in [9.17, 15) is 22.8 Å². The molecule has 0 bridgehead atoms. The van der Waals surface area contributed by atoms with E-state index in [-0.39, 0.29) is 11.8 Å². The second-order valence-corrected chi connectivity index (χ2v) is 11.0. The van der Waals surface area contributed by atoms with Gasteiger partial charge in [-0.15, -0.1) is 0 Å². The van der Waals surface area contributed by atoms with Gasteiger partial charge in [0.2, 0.25) is 0 Å². The van der Waals surface area contributed by atoms with Crippen LogP contribution in [0.5, 0.6) is 0 Å². The van der Waals surface area contributed by atoms with Crippen LogP contribution in [0.4, 0.5) is 18.9 Å². The minimum Gasteiger partial charge on any atom is -0.475 e. The van der Waals surface area contributed by atoms with Gasteiger partial charge in [0, 0.05) is 30.2 Å². The highest BCUT2D eigenvalue weighted by molar-refractivity contribution is 8.18. The summed E-state index contributed by atoms with van der Waals surface area (Å²) in [4.78, 5) is 45.9. The number of hydrogen-bond acceptors (Lipinski definition) is 7. The number of carbonyl (C=O) groups is 3. The van der Waals surface area contributed by atoms with Crippen LogP contribution in [-0.4, -0.2) is 70.3 Å². The van der Waals surface area contributed by atoms with Crippen molar-refractivity contribution in [3.8, 4) is 0 Å². The number of hydrogen-bond donors (Lipinski definition) is 3. The highest BCUT2D eigenvalue weighted by Gasteiger charge is 2.38. The minimum atomic E-state index is -5.08. The molecule has 2 aliphatic rings. The summed E-state index contributed by atoms with van der Waals surface area (Å²) in [5.74, 6) is -3.15. The molecular formula is C29H27ClF3N5O4S. The average molecular weight is 634 g/mol. The molecule has 2 fully saturated rings. The SMILES string of the molecule is O=C(O)C(F)(F)F.O=C1NC(=Nc2cc(C(=O)NCCN3CCCCC3)ccc2Cl)SC1=Cc1ccc2ncccc2c1. The van der Waals surface area contributed by atoms with Gasteiger partial charge in [-0.05, 0) is 85.7 Å². The average Bonchev–Trinajstić information content (AvgIpc) is 3.32. The molecule has 2 aliphatic heterocycles. The van der Waals surface area contributed by atoms with E-state index in [0.717, 1.165) is 36.1 Å². The van der Waals surface area contributed by atoms with E-state index < -0.39 is 12.1 Å². The van der Waals surface area contributed by atoms with Crippen molar-refractivity contribution >= 4 is 69.0 Å². The summed E-state index contributed by atoms with van der Waals surface area (Å²) < 4.78 is 31.7. The number of thioether (sulfide) groups is 1. The Morgan fingerprint density at radius 1 is 1.14 bits per heavy atom. The lowest BCUT2D eigenvalue weighted by atomic mass is 10.1. The van der Waals surface area contributed by atoms with Crippen LogP contribution in [0.25, 0.3) is 17.0 Å². The molecule has 3 N–H and O–H groups in total. The van der Waals surface area contributed by atoms with Gasteiger partial charge in [0.1, 0.15) is 0 Å². The molecule has 3 aromatic rings. The summed E-state index contributed by atoms with van der Waals surface area (Å²) in [5, 5.41) is 14.7. The molecule has 0 saturated carbocycles. The van der Waals surface area contributed by atoms with Crippen LogP contribution >= 0.6 is 23.4 Å². The number of alkyl halides is 3. The molecule has 0 unspecified atom stereocenters. The first-order valence-corrected chi connectivity index (χ1v) is 14.4. The number of amides is 2. The maximum Gasteiger partial charge on any atom is 0.490 e. The van der Waals surface area contributed by atoms with Crippen molar-refractivity contribution in [2.24, 2.45) is 4.99 Å². The van der Waals surface area contributed by atoms with Gasteiger partial charge in [0.15, 0.2) is 5.17 Å². The van der Waals surface area contributed by atoms with Crippen LogP contribution in [0.2, 0.25) is 5.02 Å². The fourth-order valence-electron chi connectivity index (χ4n) is 4.28. The van der Waals surface area contributed by atoms with Gasteiger partial charge in [-0.3, -0.25) is 14.6 Å². The van der Waals surface area contributed by atoms with Crippen molar-refractivity contribution < 1.29 is 32.7 Å². The number of carbonyl (C=O) groups excluding carboxylic acids is 2. The third kappa shape index (κ3) is 9.27. The number of aliphatic imine (C=N–C) groups is 1. The molecule has 226 valence electrons. The smallest absolute Gasteiger partial charge is 0.475 e. The van der Waals surface area contributed by atoms with E-state index in [4.69, 9.17) is 21.5 Å². The molecule has 5 rings (SSSR count). The summed E-state index contributed by atoms with van der Waals surface area (Å²) in [5.41, 5.74) is 2.71. The Balaban J connectivity index is 0.000000541. The van der Waals surface area contributed by atoms with Gasteiger partial charge in [-0.1, -0.05) is 30.2 Å². The third-order valence-corrected chi connectivity index (χ3v) is 7.64. The Bertz CT molecular complexity index is 1580. The summed E-state index contributed by atoms with van der Waals surface area (Å²) in [6.07, 6.45) is 2.22. The molecule has 1 aromatic heterocycles. The Morgan fingerprint density at radius 3 is 2.60 bits per heavy atom. The molecule has 3 heterocycles. The number of aliphatic carboxylic acids is 1. The van der Waals surface area contributed by atoms with Crippen LogP contribution in [0.1, 0.15) is 35.2 Å². The number of likely N-dealkylation sites (tertiary alicyclic amines) is 1. The monoisotopic (exact) mass is 633 g/mol. The first kappa shape index (κ1) is 32.0. The number of pyridine rings is 1. The summed E-state index contributed by atoms with van der Waals surface area (Å²) in [6.45, 7) is 3.63. The number of nitrogens with one attached hydrogen (secondary N) is 2. The topological polar surface area (TPSA) is 124 Å². The number of carboxylic acids is 1. The largest absolute Gasteiger partial charge is 0.490 e. The molecule has 0 spiro atoms. The van der Waals surface area contributed by atoms with Gasteiger partial charge in [-0.2, -0.15) is 13.2 Å². The van der Waals surface area contributed by atoms with Crippen molar-refractivity contribution in [3.63, 3.8) is 0 Å². The van der Waals surface area contributed by atoms with E-state index >= 15 is 0 Å². The Kier molecular flexibility index (Phi) is 10.8. The lowest BCUT2D eigenvalue weighted by molar-refractivity contribution is -0.192. The molecule has 2 aromatic carbocycles. The number of amidine groups is 1. The third-order valence-electron chi connectivity index (χ3n) is 6.41. The fourth-order valence-corrected chi connectivity index (χ4v) is 5.27. The maximum absolute atomic E-state index is 12.7. The number of rotatable bonds is 6. The Labute approximate surface area is 254 Å². The van der Waals surface area contributed by atoms with Crippen LogP contribution < -0.4 is 10.6 Å². The van der Waals surface area contributed by atoms with Crippen LogP contribution in [0.15, 0.2) is 64.6 Å².